The molecule has 19 heavy (non-hydrogen) atoms. The lowest BCUT2D eigenvalue weighted by Gasteiger charge is -2.28. The molecule has 2 aliphatic rings. The highest BCUT2D eigenvalue weighted by Gasteiger charge is 2.43. The van der Waals surface area contributed by atoms with E-state index in [9.17, 15) is 8.78 Å². The van der Waals surface area contributed by atoms with Gasteiger partial charge < -0.3 is 10.1 Å². The molecule has 2 saturated heterocycles. The van der Waals surface area contributed by atoms with Gasteiger partial charge in [0.05, 0.1) is 12.2 Å². The molecule has 1 aromatic rings. The molecule has 3 rings (SSSR count). The molecule has 2 nitrogen and oxygen atoms in total. The lowest BCUT2D eigenvalue weighted by atomic mass is 9.81. The third kappa shape index (κ3) is 2.51. The maximum absolute atomic E-state index is 13.2. The molecule has 1 N–H and O–H groups in total. The van der Waals surface area contributed by atoms with Crippen molar-refractivity contribution in [3.8, 4) is 0 Å². The van der Waals surface area contributed by atoms with Crippen LogP contribution in [0.4, 0.5) is 8.78 Å². The SMILES string of the molecule is CNC(Cc1ccc(F)c(F)c1)C1CC2CCC1O2. The Kier molecular flexibility index (Phi) is 3.54. The molecule has 2 fully saturated rings. The van der Waals surface area contributed by atoms with E-state index in [1.807, 2.05) is 7.05 Å². The van der Waals surface area contributed by atoms with Crippen LogP contribution in [0.1, 0.15) is 24.8 Å². The minimum atomic E-state index is -0.784. The van der Waals surface area contributed by atoms with Gasteiger partial charge in [-0.1, -0.05) is 6.07 Å². The van der Waals surface area contributed by atoms with Gasteiger partial charge in [-0.25, -0.2) is 8.78 Å². The molecule has 104 valence electrons. The number of ether oxygens (including phenoxy) is 1. The predicted octanol–water partition coefficient (Wildman–Crippen LogP) is 2.66. The van der Waals surface area contributed by atoms with Gasteiger partial charge >= 0.3 is 0 Å². The van der Waals surface area contributed by atoms with Gasteiger partial charge in [0.2, 0.25) is 0 Å². The Bertz CT molecular complexity index is 465. The van der Waals surface area contributed by atoms with E-state index in [-0.39, 0.29) is 6.04 Å². The summed E-state index contributed by atoms with van der Waals surface area (Å²) >= 11 is 0. The second-order valence-corrected chi connectivity index (χ2v) is 5.62. The first-order chi connectivity index (χ1) is 9.17. The maximum atomic E-state index is 13.2. The molecule has 0 aromatic heterocycles. The third-order valence-corrected chi connectivity index (χ3v) is 4.48. The summed E-state index contributed by atoms with van der Waals surface area (Å²) in [7, 11) is 1.93. The summed E-state index contributed by atoms with van der Waals surface area (Å²) in [6.07, 6.45) is 4.85. The first kappa shape index (κ1) is 13.0. The highest BCUT2D eigenvalue weighted by molar-refractivity contribution is 5.19. The lowest BCUT2D eigenvalue weighted by Crippen LogP contribution is -2.40. The summed E-state index contributed by atoms with van der Waals surface area (Å²) in [6, 6.07) is 4.43. The number of hydrogen-bond donors (Lipinski definition) is 1. The van der Waals surface area contributed by atoms with Crippen molar-refractivity contribution in [2.75, 3.05) is 7.05 Å². The molecule has 4 unspecified atom stereocenters. The Balaban J connectivity index is 1.71. The Morgan fingerprint density at radius 1 is 1.32 bits per heavy atom. The quantitative estimate of drug-likeness (QED) is 0.905. The summed E-state index contributed by atoms with van der Waals surface area (Å²) in [5.74, 6) is -1.07. The van der Waals surface area contributed by atoms with E-state index in [2.05, 4.69) is 5.32 Å². The van der Waals surface area contributed by atoms with Crippen LogP contribution in [0.2, 0.25) is 0 Å². The lowest BCUT2D eigenvalue weighted by molar-refractivity contribution is 0.0863. The van der Waals surface area contributed by atoms with Crippen LogP contribution in [0.5, 0.6) is 0 Å². The Hall–Kier alpha value is -1.00. The number of rotatable bonds is 4. The molecule has 0 spiro atoms. The van der Waals surface area contributed by atoms with Gasteiger partial charge in [0.25, 0.3) is 0 Å². The van der Waals surface area contributed by atoms with E-state index in [4.69, 9.17) is 4.74 Å². The number of benzene rings is 1. The zero-order valence-corrected chi connectivity index (χ0v) is 11.0. The summed E-state index contributed by atoms with van der Waals surface area (Å²) in [6.45, 7) is 0. The average Bonchev–Trinajstić information content (AvgIpc) is 3.02. The number of nitrogens with one attached hydrogen (secondary N) is 1. The smallest absolute Gasteiger partial charge is 0.159 e. The number of fused-ring (bicyclic) bond motifs is 2. The molecule has 0 saturated carbocycles. The van der Waals surface area contributed by atoms with Crippen molar-refractivity contribution < 1.29 is 13.5 Å². The normalized spacial score (nSPS) is 30.8. The minimum absolute atomic E-state index is 0.264. The fourth-order valence-electron chi connectivity index (χ4n) is 3.49. The van der Waals surface area contributed by atoms with Crippen LogP contribution in [0.15, 0.2) is 18.2 Å². The number of halogens is 2. The molecule has 1 aromatic carbocycles. The van der Waals surface area contributed by atoms with Crippen molar-refractivity contribution >= 4 is 0 Å². The second kappa shape index (κ2) is 5.17. The Labute approximate surface area is 112 Å². The number of likely N-dealkylation sites (N-methyl/N-ethyl adjacent to an activating group) is 1. The molecule has 0 radical (unpaired) electrons. The van der Waals surface area contributed by atoms with Crippen molar-refractivity contribution in [1.82, 2.24) is 5.32 Å². The number of hydrogen-bond acceptors (Lipinski definition) is 2. The summed E-state index contributed by atoms with van der Waals surface area (Å²) in [5, 5.41) is 3.32. The Morgan fingerprint density at radius 3 is 2.74 bits per heavy atom. The topological polar surface area (TPSA) is 21.3 Å². The zero-order valence-electron chi connectivity index (χ0n) is 11.0. The van der Waals surface area contributed by atoms with E-state index >= 15 is 0 Å². The molecular formula is C15H19F2NO. The van der Waals surface area contributed by atoms with Crippen molar-refractivity contribution in [1.29, 1.82) is 0 Å². The summed E-state index contributed by atoms with van der Waals surface area (Å²) < 4.78 is 32.0. The molecule has 2 heterocycles. The van der Waals surface area contributed by atoms with E-state index in [1.165, 1.54) is 18.6 Å². The van der Waals surface area contributed by atoms with Crippen LogP contribution in [0.25, 0.3) is 0 Å². The van der Waals surface area contributed by atoms with Gasteiger partial charge in [-0.15, -0.1) is 0 Å². The van der Waals surface area contributed by atoms with Crippen LogP contribution >= 0.6 is 0 Å². The zero-order chi connectivity index (χ0) is 13.4. The second-order valence-electron chi connectivity index (χ2n) is 5.62. The van der Waals surface area contributed by atoms with Gasteiger partial charge in [-0.05, 0) is 50.4 Å². The van der Waals surface area contributed by atoms with Crippen LogP contribution in [0.3, 0.4) is 0 Å². The summed E-state index contributed by atoms with van der Waals surface area (Å²) in [5.41, 5.74) is 0.834. The largest absolute Gasteiger partial charge is 0.375 e. The minimum Gasteiger partial charge on any atom is -0.375 e. The van der Waals surface area contributed by atoms with Crippen molar-refractivity contribution in [3.05, 3.63) is 35.4 Å². The molecular weight excluding hydrogens is 248 g/mol. The van der Waals surface area contributed by atoms with Crippen molar-refractivity contribution in [2.45, 2.75) is 43.9 Å². The molecule has 2 bridgehead atoms. The van der Waals surface area contributed by atoms with Gasteiger partial charge in [0.15, 0.2) is 11.6 Å². The van der Waals surface area contributed by atoms with E-state index in [1.54, 1.807) is 6.07 Å². The molecule has 4 atom stereocenters. The standard InChI is InChI=1S/C15H19F2NO/c1-18-14(11-8-10-3-5-15(11)19-10)7-9-2-4-12(16)13(17)6-9/h2,4,6,10-11,14-15,18H,3,5,7-8H2,1H3. The molecule has 2 aliphatic heterocycles. The Morgan fingerprint density at radius 2 is 2.16 bits per heavy atom. The van der Waals surface area contributed by atoms with Crippen LogP contribution in [0, 0.1) is 17.6 Å². The van der Waals surface area contributed by atoms with Crippen molar-refractivity contribution in [3.63, 3.8) is 0 Å². The monoisotopic (exact) mass is 267 g/mol. The van der Waals surface area contributed by atoms with E-state index < -0.39 is 11.6 Å². The highest BCUT2D eigenvalue weighted by atomic mass is 19.2. The third-order valence-electron chi connectivity index (χ3n) is 4.48. The molecule has 4 heteroatoms. The van der Waals surface area contributed by atoms with E-state index in [0.717, 1.165) is 18.4 Å². The predicted molar refractivity (Wildman–Crippen MR) is 68.9 cm³/mol. The maximum Gasteiger partial charge on any atom is 0.159 e. The molecule has 0 aliphatic carbocycles. The fraction of sp³-hybridized carbons (Fsp3) is 0.600. The first-order valence-corrected chi connectivity index (χ1v) is 6.94. The van der Waals surface area contributed by atoms with Gasteiger partial charge in [-0.3, -0.25) is 0 Å². The summed E-state index contributed by atoms with van der Waals surface area (Å²) in [4.78, 5) is 0. The van der Waals surface area contributed by atoms with Crippen LogP contribution < -0.4 is 5.32 Å². The van der Waals surface area contributed by atoms with Crippen molar-refractivity contribution in [2.24, 2.45) is 5.92 Å². The van der Waals surface area contributed by atoms with Gasteiger partial charge in [0.1, 0.15) is 0 Å². The van der Waals surface area contributed by atoms with Crippen LogP contribution in [-0.2, 0) is 11.2 Å². The molecule has 0 amide bonds. The average molecular weight is 267 g/mol. The first-order valence-electron chi connectivity index (χ1n) is 6.94. The van der Waals surface area contributed by atoms with E-state index in [0.29, 0.717) is 24.5 Å². The highest BCUT2D eigenvalue weighted by Crippen LogP contribution is 2.40. The van der Waals surface area contributed by atoms with Gasteiger partial charge in [-0.2, -0.15) is 0 Å². The van der Waals surface area contributed by atoms with Gasteiger partial charge in [0, 0.05) is 12.0 Å². The fourth-order valence-corrected chi connectivity index (χ4v) is 3.49. The van der Waals surface area contributed by atoms with Crippen LogP contribution in [-0.4, -0.2) is 25.3 Å².